The molecule has 4 heteroatoms. The average molecular weight is 463 g/mol. The molecule has 5 aliphatic carbocycles. The first kappa shape index (κ1) is 26.7. The molecular weight excluding hydrogens is 412 g/mol. The summed E-state index contributed by atoms with van der Waals surface area (Å²) in [6.45, 7) is 9.65. The molecule has 4 nitrogen and oxygen atoms in total. The van der Waals surface area contributed by atoms with Crippen LogP contribution in [0.3, 0.4) is 0 Å². The smallest absolute Gasteiger partial charge is 0.309 e. The van der Waals surface area contributed by atoms with Crippen LogP contribution in [0.15, 0.2) is 0 Å². The van der Waals surface area contributed by atoms with Gasteiger partial charge in [-0.2, -0.15) is 0 Å². The second kappa shape index (κ2) is 10.4. The van der Waals surface area contributed by atoms with Crippen LogP contribution in [0.1, 0.15) is 111 Å². The number of carboxylic acids is 1. The molecule has 5 aliphatic rings. The van der Waals surface area contributed by atoms with Crippen molar-refractivity contribution in [1.29, 1.82) is 0 Å². The Bertz CT molecular complexity index is 691. The highest BCUT2D eigenvalue weighted by atomic mass is 16.4. The summed E-state index contributed by atoms with van der Waals surface area (Å²) in [5.41, 5.74) is 0.663. The van der Waals surface area contributed by atoms with Crippen LogP contribution in [0.25, 0.3) is 0 Å². The third kappa shape index (κ3) is 4.21. The van der Waals surface area contributed by atoms with Crippen LogP contribution in [0.5, 0.6) is 0 Å². The molecule has 0 aliphatic heterocycles. The molecule has 190 valence electrons. The number of aldehydes is 1. The van der Waals surface area contributed by atoms with Gasteiger partial charge in [-0.1, -0.05) is 47.0 Å². The zero-order chi connectivity index (χ0) is 24.4. The lowest BCUT2D eigenvalue weighted by atomic mass is 9.38. The largest absolute Gasteiger partial charge is 0.481 e. The molecule has 5 fully saturated rings. The van der Waals surface area contributed by atoms with Gasteiger partial charge in [-0.05, 0) is 104 Å². The van der Waals surface area contributed by atoms with E-state index in [9.17, 15) is 14.7 Å². The van der Waals surface area contributed by atoms with E-state index in [0.717, 1.165) is 56.3 Å². The van der Waals surface area contributed by atoms with Gasteiger partial charge in [0.2, 0.25) is 0 Å². The number of aliphatic carboxylic acids is 1. The molecule has 0 bridgehead atoms. The molecule has 0 aromatic rings. The Kier molecular flexibility index (Phi) is 8.40. The molecule has 0 aromatic heterocycles. The lowest BCUT2D eigenvalue weighted by Crippen LogP contribution is -2.60. The lowest BCUT2D eigenvalue weighted by molar-refractivity contribution is -0.190. The van der Waals surface area contributed by atoms with Gasteiger partial charge in [0, 0.05) is 13.5 Å². The fraction of sp³-hybridized carbons (Fsp3) is 0.931. The van der Waals surface area contributed by atoms with Crippen LogP contribution in [0.2, 0.25) is 0 Å². The molecule has 2 N–H and O–H groups in total. The number of aliphatic hydroxyl groups is 1. The standard InChI is InChI=1S/C25H40O2.C3H6O.CH4O/c1-16-6-4-12-23(2)18(16)10-14-24(3)19-11-15-25(22(26)27)13-5-7-20(25)17(19)8-9-21(23)24;1-2-3-4;1-2/h16-21H,4-15H2,1-3H3,(H,26,27);3H,2H2,1H3;2H,1H3. The Morgan fingerprint density at radius 2 is 1.45 bits per heavy atom. The predicted octanol–water partition coefficient (Wildman–Crippen LogP) is 6.74. The van der Waals surface area contributed by atoms with E-state index >= 15 is 0 Å². The minimum absolute atomic E-state index is 0.356. The van der Waals surface area contributed by atoms with Gasteiger partial charge < -0.3 is 15.0 Å². The monoisotopic (exact) mass is 462 g/mol. The molecule has 9 unspecified atom stereocenters. The second-order valence-electron chi connectivity index (χ2n) is 12.5. The molecule has 0 saturated heterocycles. The molecular formula is C29H50O4. The number of aliphatic hydroxyl groups excluding tert-OH is 1. The van der Waals surface area contributed by atoms with Crippen molar-refractivity contribution in [3.8, 4) is 0 Å². The first-order valence-electron chi connectivity index (χ1n) is 13.9. The summed E-state index contributed by atoms with van der Waals surface area (Å²) in [6.07, 6.45) is 16.8. The van der Waals surface area contributed by atoms with Crippen molar-refractivity contribution in [3.05, 3.63) is 0 Å². The van der Waals surface area contributed by atoms with E-state index < -0.39 is 5.97 Å². The Morgan fingerprint density at radius 1 is 0.848 bits per heavy atom. The first-order valence-corrected chi connectivity index (χ1v) is 13.9. The van der Waals surface area contributed by atoms with Gasteiger partial charge in [-0.3, -0.25) is 4.79 Å². The first-order chi connectivity index (χ1) is 15.7. The minimum atomic E-state index is -0.465. The number of fused-ring (bicyclic) bond motifs is 7. The fourth-order valence-electron chi connectivity index (χ4n) is 10.3. The Morgan fingerprint density at radius 3 is 2.09 bits per heavy atom. The summed E-state index contributed by atoms with van der Waals surface area (Å²) in [5, 5.41) is 17.1. The van der Waals surface area contributed by atoms with Gasteiger partial charge in [0.05, 0.1) is 5.41 Å². The van der Waals surface area contributed by atoms with Crippen molar-refractivity contribution in [2.45, 2.75) is 111 Å². The summed E-state index contributed by atoms with van der Waals surface area (Å²) >= 11 is 0. The lowest BCUT2D eigenvalue weighted by Gasteiger charge is -2.67. The van der Waals surface area contributed by atoms with E-state index in [-0.39, 0.29) is 5.41 Å². The van der Waals surface area contributed by atoms with Crippen molar-refractivity contribution >= 4 is 12.3 Å². The molecule has 5 rings (SSSR count). The SMILES string of the molecule is CC1CCCC2(C)C1CCC1(C)C3CCC4(C(=O)O)CCCC4C3CCC21.CCC=O.CO. The van der Waals surface area contributed by atoms with Crippen LogP contribution in [-0.2, 0) is 9.59 Å². The van der Waals surface area contributed by atoms with Crippen LogP contribution in [-0.4, -0.2) is 29.6 Å². The van der Waals surface area contributed by atoms with E-state index in [2.05, 4.69) is 20.8 Å². The summed E-state index contributed by atoms with van der Waals surface area (Å²) in [7, 11) is 1.00. The van der Waals surface area contributed by atoms with E-state index in [4.69, 9.17) is 5.11 Å². The maximum Gasteiger partial charge on any atom is 0.309 e. The predicted molar refractivity (Wildman–Crippen MR) is 133 cm³/mol. The fourth-order valence-corrected chi connectivity index (χ4v) is 10.3. The zero-order valence-corrected chi connectivity index (χ0v) is 21.9. The number of carbonyl (C=O) groups excluding carboxylic acids is 1. The zero-order valence-electron chi connectivity index (χ0n) is 21.9. The second-order valence-corrected chi connectivity index (χ2v) is 12.5. The molecule has 0 aromatic carbocycles. The quantitative estimate of drug-likeness (QED) is 0.446. The number of hydrogen-bond acceptors (Lipinski definition) is 3. The summed E-state index contributed by atoms with van der Waals surface area (Å²) < 4.78 is 0. The topological polar surface area (TPSA) is 74.6 Å². The van der Waals surface area contributed by atoms with Gasteiger partial charge in [0.25, 0.3) is 0 Å². The molecule has 0 spiro atoms. The molecule has 9 atom stereocenters. The molecule has 0 amide bonds. The number of carboxylic acid groups (broad SMARTS) is 1. The maximum absolute atomic E-state index is 12.3. The molecule has 0 radical (unpaired) electrons. The van der Waals surface area contributed by atoms with Gasteiger partial charge in [0.15, 0.2) is 0 Å². The van der Waals surface area contributed by atoms with E-state index in [0.29, 0.717) is 29.1 Å². The Hall–Kier alpha value is -0.900. The third-order valence-corrected chi connectivity index (χ3v) is 11.5. The third-order valence-electron chi connectivity index (χ3n) is 11.5. The van der Waals surface area contributed by atoms with Crippen LogP contribution < -0.4 is 0 Å². The van der Waals surface area contributed by atoms with Gasteiger partial charge in [-0.25, -0.2) is 0 Å². The van der Waals surface area contributed by atoms with Crippen molar-refractivity contribution in [2.75, 3.05) is 7.11 Å². The maximum atomic E-state index is 12.3. The highest BCUT2D eigenvalue weighted by Gasteiger charge is 2.65. The van der Waals surface area contributed by atoms with Gasteiger partial charge in [0.1, 0.15) is 6.29 Å². The number of hydrogen-bond donors (Lipinski definition) is 2. The van der Waals surface area contributed by atoms with Crippen LogP contribution in [0, 0.1) is 51.8 Å². The van der Waals surface area contributed by atoms with E-state index in [1.54, 1.807) is 0 Å². The van der Waals surface area contributed by atoms with Gasteiger partial charge >= 0.3 is 5.97 Å². The van der Waals surface area contributed by atoms with Crippen molar-refractivity contribution in [1.82, 2.24) is 0 Å². The molecule has 33 heavy (non-hydrogen) atoms. The van der Waals surface area contributed by atoms with E-state index in [1.807, 2.05) is 6.92 Å². The minimum Gasteiger partial charge on any atom is -0.481 e. The van der Waals surface area contributed by atoms with Gasteiger partial charge in [-0.15, -0.1) is 0 Å². The Balaban J connectivity index is 0.000000464. The number of carbonyl (C=O) groups is 2. The number of rotatable bonds is 2. The van der Waals surface area contributed by atoms with Crippen LogP contribution in [0.4, 0.5) is 0 Å². The summed E-state index contributed by atoms with van der Waals surface area (Å²) in [6, 6.07) is 0. The summed E-state index contributed by atoms with van der Waals surface area (Å²) in [4.78, 5) is 21.4. The highest BCUT2D eigenvalue weighted by Crippen LogP contribution is 2.71. The van der Waals surface area contributed by atoms with Crippen molar-refractivity contribution in [3.63, 3.8) is 0 Å². The molecule has 0 heterocycles. The summed E-state index contributed by atoms with van der Waals surface area (Å²) in [5.74, 6) is 4.23. The van der Waals surface area contributed by atoms with E-state index in [1.165, 1.54) is 57.8 Å². The highest BCUT2D eigenvalue weighted by molar-refractivity contribution is 5.75. The Labute approximate surface area is 202 Å². The van der Waals surface area contributed by atoms with Crippen LogP contribution >= 0.6 is 0 Å². The average Bonchev–Trinajstić information content (AvgIpc) is 3.26. The normalized spacial score (nSPS) is 47.7. The van der Waals surface area contributed by atoms with Crippen molar-refractivity contribution in [2.24, 2.45) is 51.8 Å². The molecule has 5 saturated carbocycles. The van der Waals surface area contributed by atoms with Crippen molar-refractivity contribution < 1.29 is 19.8 Å².